The first kappa shape index (κ1) is 18.2. The minimum atomic E-state index is -1.60. The molecule has 2 atom stereocenters. The van der Waals surface area contributed by atoms with Crippen LogP contribution in [0.3, 0.4) is 0 Å². The summed E-state index contributed by atoms with van der Waals surface area (Å²) in [5, 5.41) is 22.6. The van der Waals surface area contributed by atoms with E-state index in [0.717, 1.165) is 0 Å². The molecule has 0 saturated carbocycles. The van der Waals surface area contributed by atoms with E-state index in [2.05, 4.69) is 0 Å². The first-order valence-corrected chi connectivity index (χ1v) is 8.20. The fourth-order valence-electron chi connectivity index (χ4n) is 3.17. The number of ether oxygens (including phenoxy) is 1. The Morgan fingerprint density at radius 2 is 2.00 bits per heavy atom. The highest BCUT2D eigenvalue weighted by molar-refractivity contribution is 6.30. The standard InChI is InChI=1S/C17H18ClN3O5/c1-16(2)17(3,23)14(20-8-9(18)6-12(19)15(20)22)11-7-10(21(24)25)4-5-13(11)26-16/h4-8,14,23H,19H2,1-3H3. The minimum absolute atomic E-state index is 0.0930. The van der Waals surface area contributed by atoms with Crippen LogP contribution in [0.15, 0.2) is 35.3 Å². The van der Waals surface area contributed by atoms with E-state index < -0.39 is 27.7 Å². The molecule has 0 fully saturated rings. The molecule has 3 N–H and O–H groups in total. The van der Waals surface area contributed by atoms with E-state index in [4.69, 9.17) is 22.1 Å². The first-order chi connectivity index (χ1) is 12.0. The molecule has 2 unspecified atom stereocenters. The average molecular weight is 380 g/mol. The predicted molar refractivity (Wildman–Crippen MR) is 96.7 cm³/mol. The summed E-state index contributed by atoms with van der Waals surface area (Å²) in [4.78, 5) is 23.3. The van der Waals surface area contributed by atoms with Crippen molar-refractivity contribution in [3.8, 4) is 5.75 Å². The topological polar surface area (TPSA) is 121 Å². The number of aliphatic hydroxyl groups is 1. The van der Waals surface area contributed by atoms with E-state index in [1.807, 2.05) is 0 Å². The van der Waals surface area contributed by atoms with Crippen molar-refractivity contribution in [1.82, 2.24) is 4.57 Å². The fraction of sp³-hybridized carbons (Fsp3) is 0.353. The molecular weight excluding hydrogens is 362 g/mol. The Morgan fingerprint density at radius 3 is 2.62 bits per heavy atom. The number of nitro groups is 1. The van der Waals surface area contributed by atoms with Crippen molar-refractivity contribution in [2.75, 3.05) is 5.73 Å². The van der Waals surface area contributed by atoms with Crippen LogP contribution in [0.25, 0.3) is 0 Å². The zero-order chi connectivity index (χ0) is 19.4. The van der Waals surface area contributed by atoms with Crippen molar-refractivity contribution < 1.29 is 14.8 Å². The highest BCUT2D eigenvalue weighted by Gasteiger charge is 2.54. The predicted octanol–water partition coefficient (Wildman–Crippen LogP) is 2.50. The smallest absolute Gasteiger partial charge is 0.274 e. The van der Waals surface area contributed by atoms with Crippen molar-refractivity contribution in [3.05, 3.63) is 61.5 Å². The summed E-state index contributed by atoms with van der Waals surface area (Å²) in [5.74, 6) is 0.336. The van der Waals surface area contributed by atoms with Crippen LogP contribution in [0.1, 0.15) is 32.4 Å². The number of nitrogen functional groups attached to an aromatic ring is 1. The molecule has 0 bridgehead atoms. The lowest BCUT2D eigenvalue weighted by atomic mass is 9.75. The maximum absolute atomic E-state index is 12.6. The van der Waals surface area contributed by atoms with Gasteiger partial charge in [-0.05, 0) is 32.9 Å². The number of pyridine rings is 1. The largest absolute Gasteiger partial charge is 0.484 e. The summed E-state index contributed by atoms with van der Waals surface area (Å²) in [6.45, 7) is 4.84. The zero-order valence-corrected chi connectivity index (χ0v) is 15.1. The molecule has 0 radical (unpaired) electrons. The maximum Gasteiger partial charge on any atom is 0.274 e. The van der Waals surface area contributed by atoms with Crippen LogP contribution in [0.2, 0.25) is 5.02 Å². The maximum atomic E-state index is 12.6. The van der Waals surface area contributed by atoms with Gasteiger partial charge in [0.1, 0.15) is 17.0 Å². The second-order valence-corrected chi connectivity index (χ2v) is 7.40. The summed E-state index contributed by atoms with van der Waals surface area (Å²) in [5.41, 5.74) is 2.50. The van der Waals surface area contributed by atoms with Crippen molar-refractivity contribution in [3.63, 3.8) is 0 Å². The van der Waals surface area contributed by atoms with Gasteiger partial charge in [-0.3, -0.25) is 14.9 Å². The molecule has 1 aromatic heterocycles. The third-order valence-electron chi connectivity index (χ3n) is 4.93. The summed E-state index contributed by atoms with van der Waals surface area (Å²) in [6.07, 6.45) is 1.35. The summed E-state index contributed by atoms with van der Waals surface area (Å²) >= 11 is 6.05. The number of aromatic nitrogens is 1. The van der Waals surface area contributed by atoms with Crippen molar-refractivity contribution in [2.24, 2.45) is 0 Å². The molecule has 2 heterocycles. The van der Waals surface area contributed by atoms with E-state index >= 15 is 0 Å². The van der Waals surface area contributed by atoms with Gasteiger partial charge < -0.3 is 20.1 Å². The molecule has 8 nitrogen and oxygen atoms in total. The summed E-state index contributed by atoms with van der Waals surface area (Å²) in [7, 11) is 0. The van der Waals surface area contributed by atoms with Crippen molar-refractivity contribution in [2.45, 2.75) is 38.0 Å². The Labute approximate surface area is 153 Å². The molecule has 3 rings (SSSR count). The van der Waals surface area contributed by atoms with Crippen LogP contribution in [0.5, 0.6) is 5.75 Å². The summed E-state index contributed by atoms with van der Waals surface area (Å²) in [6, 6.07) is 4.37. The third-order valence-corrected chi connectivity index (χ3v) is 5.14. The quantitative estimate of drug-likeness (QED) is 0.610. The van der Waals surface area contributed by atoms with Crippen LogP contribution < -0.4 is 16.0 Å². The normalized spacial score (nSPS) is 23.8. The number of nitro benzene ring substituents is 1. The molecule has 0 spiro atoms. The molecule has 138 valence electrons. The van der Waals surface area contributed by atoms with Crippen LogP contribution in [-0.2, 0) is 0 Å². The van der Waals surface area contributed by atoms with Gasteiger partial charge in [0.25, 0.3) is 11.2 Å². The van der Waals surface area contributed by atoms with Gasteiger partial charge in [0.15, 0.2) is 0 Å². The van der Waals surface area contributed by atoms with Crippen LogP contribution >= 0.6 is 11.6 Å². The van der Waals surface area contributed by atoms with Gasteiger partial charge in [0.2, 0.25) is 0 Å². The summed E-state index contributed by atoms with van der Waals surface area (Å²) < 4.78 is 7.07. The first-order valence-electron chi connectivity index (χ1n) is 7.82. The highest BCUT2D eigenvalue weighted by Crippen LogP contribution is 2.48. The van der Waals surface area contributed by atoms with Gasteiger partial charge in [-0.1, -0.05) is 11.6 Å². The van der Waals surface area contributed by atoms with Crippen LogP contribution in [-0.4, -0.2) is 25.8 Å². The van der Waals surface area contributed by atoms with Gasteiger partial charge in [-0.25, -0.2) is 0 Å². The number of nitrogens with zero attached hydrogens (tertiary/aromatic N) is 2. The minimum Gasteiger partial charge on any atom is -0.484 e. The molecule has 26 heavy (non-hydrogen) atoms. The average Bonchev–Trinajstić information content (AvgIpc) is 2.51. The number of rotatable bonds is 2. The molecule has 1 aliphatic rings. The molecule has 1 aromatic carbocycles. The van der Waals surface area contributed by atoms with E-state index in [1.54, 1.807) is 13.8 Å². The monoisotopic (exact) mass is 379 g/mol. The third kappa shape index (κ3) is 2.62. The van der Waals surface area contributed by atoms with Crippen LogP contribution in [0, 0.1) is 10.1 Å². The second-order valence-electron chi connectivity index (χ2n) is 6.97. The number of hydrogen-bond acceptors (Lipinski definition) is 6. The van der Waals surface area contributed by atoms with E-state index in [9.17, 15) is 20.0 Å². The van der Waals surface area contributed by atoms with E-state index in [-0.39, 0.29) is 16.4 Å². The molecule has 9 heteroatoms. The number of nitrogens with two attached hydrogens (primary N) is 1. The fourth-order valence-corrected chi connectivity index (χ4v) is 3.39. The number of fused-ring (bicyclic) bond motifs is 1. The van der Waals surface area contributed by atoms with Gasteiger partial charge in [-0.15, -0.1) is 0 Å². The number of benzene rings is 1. The molecule has 1 aliphatic heterocycles. The number of halogens is 1. The van der Waals surface area contributed by atoms with Crippen molar-refractivity contribution >= 4 is 23.0 Å². The van der Waals surface area contributed by atoms with Gasteiger partial charge in [0.05, 0.1) is 21.7 Å². The van der Waals surface area contributed by atoms with Gasteiger partial charge >= 0.3 is 0 Å². The molecule has 0 amide bonds. The lowest BCUT2D eigenvalue weighted by molar-refractivity contribution is -0.385. The second kappa shape index (κ2) is 5.72. The highest BCUT2D eigenvalue weighted by atomic mass is 35.5. The Bertz CT molecular complexity index is 967. The zero-order valence-electron chi connectivity index (χ0n) is 14.4. The molecular formula is C17H18ClN3O5. The lowest BCUT2D eigenvalue weighted by Gasteiger charge is -2.49. The van der Waals surface area contributed by atoms with Gasteiger partial charge in [0, 0.05) is 23.9 Å². The number of hydrogen-bond donors (Lipinski definition) is 2. The lowest BCUT2D eigenvalue weighted by Crippen LogP contribution is -2.60. The Morgan fingerprint density at radius 1 is 1.35 bits per heavy atom. The van der Waals surface area contributed by atoms with Gasteiger partial charge in [-0.2, -0.15) is 0 Å². The Hall–Kier alpha value is -2.58. The SMILES string of the molecule is CC1(C)Oc2ccc([N+](=O)[O-])cc2C(n2cc(Cl)cc(N)c2=O)C1(C)O. The molecule has 2 aromatic rings. The number of non-ortho nitro benzene ring substituents is 1. The Balaban J connectivity index is 2.37. The Kier molecular flexibility index (Phi) is 4.01. The molecule has 0 saturated heterocycles. The number of anilines is 1. The van der Waals surface area contributed by atoms with E-state index in [0.29, 0.717) is 11.3 Å². The van der Waals surface area contributed by atoms with Crippen molar-refractivity contribution in [1.29, 1.82) is 0 Å². The molecule has 0 aliphatic carbocycles. The van der Waals surface area contributed by atoms with Crippen LogP contribution in [0.4, 0.5) is 11.4 Å². The van der Waals surface area contributed by atoms with E-state index in [1.165, 1.54) is 42.0 Å².